The summed E-state index contributed by atoms with van der Waals surface area (Å²) < 4.78 is 9.48. The second kappa shape index (κ2) is 9.14. The number of ether oxygens (including phenoxy) is 1. The minimum atomic E-state index is -1.06. The van der Waals surface area contributed by atoms with E-state index in [0.717, 1.165) is 53.6 Å². The van der Waals surface area contributed by atoms with Crippen molar-refractivity contribution in [1.29, 1.82) is 0 Å². The number of benzene rings is 2. The quantitative estimate of drug-likeness (QED) is 0.412. The van der Waals surface area contributed by atoms with Crippen molar-refractivity contribution in [3.05, 3.63) is 84.3 Å². The number of nitrogens with zero attached hydrogens (tertiary/aromatic N) is 3. The van der Waals surface area contributed by atoms with Gasteiger partial charge in [0.15, 0.2) is 0 Å². The normalized spacial score (nSPS) is 19.8. The van der Waals surface area contributed by atoms with E-state index in [1.807, 2.05) is 89.1 Å². The highest BCUT2D eigenvalue weighted by atomic mass is 16.5. The lowest BCUT2D eigenvalue weighted by atomic mass is 9.93. The van der Waals surface area contributed by atoms with Crippen LogP contribution in [-0.4, -0.2) is 44.5 Å². The van der Waals surface area contributed by atoms with Crippen LogP contribution >= 0.6 is 0 Å². The predicted octanol–water partition coefficient (Wildman–Crippen LogP) is 4.91. The molecule has 1 aliphatic carbocycles. The van der Waals surface area contributed by atoms with E-state index in [0.29, 0.717) is 18.8 Å². The second-order valence-electron chi connectivity index (χ2n) is 10.4. The molecular formula is C30H32N4O3. The van der Waals surface area contributed by atoms with E-state index in [4.69, 9.17) is 4.74 Å². The number of hydrogen-bond donors (Lipinski definition) is 1. The number of hydrogen-bond acceptors (Lipinski definition) is 3. The summed E-state index contributed by atoms with van der Waals surface area (Å²) in [4.78, 5) is 30.2. The Morgan fingerprint density at radius 2 is 1.81 bits per heavy atom. The number of para-hydroxylation sites is 1. The molecule has 1 N–H and O–H groups in total. The van der Waals surface area contributed by atoms with Crippen LogP contribution in [0.5, 0.6) is 5.75 Å². The van der Waals surface area contributed by atoms with E-state index < -0.39 is 5.54 Å². The molecule has 4 aromatic rings. The van der Waals surface area contributed by atoms with Gasteiger partial charge in [0.25, 0.3) is 5.91 Å². The lowest BCUT2D eigenvalue weighted by molar-refractivity contribution is -0.133. The molecule has 190 valence electrons. The maximum Gasteiger partial charge on any atom is 0.273 e. The van der Waals surface area contributed by atoms with Gasteiger partial charge in [-0.1, -0.05) is 43.2 Å². The number of fused-ring (bicyclic) bond motifs is 3. The summed E-state index contributed by atoms with van der Waals surface area (Å²) in [6, 6.07) is 19.8. The Balaban J connectivity index is 1.51. The minimum Gasteiger partial charge on any atom is -0.497 e. The molecule has 6 rings (SSSR count). The molecule has 2 amide bonds. The first kappa shape index (κ1) is 23.4. The summed E-state index contributed by atoms with van der Waals surface area (Å²) in [7, 11) is 1.63. The molecule has 0 radical (unpaired) electrons. The highest BCUT2D eigenvalue weighted by molar-refractivity contribution is 6.08. The van der Waals surface area contributed by atoms with E-state index in [1.54, 1.807) is 12.0 Å². The van der Waals surface area contributed by atoms with Crippen LogP contribution in [0.1, 0.15) is 48.7 Å². The summed E-state index contributed by atoms with van der Waals surface area (Å²) in [5.41, 5.74) is 2.26. The molecule has 1 saturated carbocycles. The average molecular weight is 497 g/mol. The number of carbonyl (C=O) groups is 2. The number of amides is 2. The monoisotopic (exact) mass is 496 g/mol. The van der Waals surface area contributed by atoms with Gasteiger partial charge in [-0.3, -0.25) is 9.59 Å². The van der Waals surface area contributed by atoms with Gasteiger partial charge >= 0.3 is 0 Å². The molecule has 0 saturated heterocycles. The van der Waals surface area contributed by atoms with Gasteiger partial charge in [0, 0.05) is 30.4 Å². The van der Waals surface area contributed by atoms with Crippen molar-refractivity contribution in [3.8, 4) is 11.4 Å². The summed E-state index contributed by atoms with van der Waals surface area (Å²) in [6.45, 7) is 2.58. The molecule has 0 bridgehead atoms. The molecule has 3 heterocycles. The predicted molar refractivity (Wildman–Crippen MR) is 143 cm³/mol. The van der Waals surface area contributed by atoms with Gasteiger partial charge in [0.05, 0.1) is 24.9 Å². The highest BCUT2D eigenvalue weighted by Crippen LogP contribution is 2.38. The molecule has 0 spiro atoms. The first-order chi connectivity index (χ1) is 18.0. The number of methoxy groups -OCH3 is 1. The van der Waals surface area contributed by atoms with E-state index in [-0.39, 0.29) is 17.9 Å². The van der Waals surface area contributed by atoms with Crippen molar-refractivity contribution in [3.63, 3.8) is 0 Å². The molecule has 1 fully saturated rings. The van der Waals surface area contributed by atoms with Crippen LogP contribution in [0.2, 0.25) is 0 Å². The summed E-state index contributed by atoms with van der Waals surface area (Å²) in [5, 5.41) is 4.27. The molecule has 1 atom stereocenters. The largest absolute Gasteiger partial charge is 0.497 e. The molecule has 2 aliphatic rings. The zero-order valence-electron chi connectivity index (χ0n) is 21.3. The zero-order valence-corrected chi connectivity index (χ0v) is 21.3. The fourth-order valence-electron chi connectivity index (χ4n) is 5.96. The number of rotatable bonds is 6. The van der Waals surface area contributed by atoms with Crippen molar-refractivity contribution in [2.75, 3.05) is 7.11 Å². The first-order valence-corrected chi connectivity index (χ1v) is 13.0. The van der Waals surface area contributed by atoms with Crippen LogP contribution in [0.3, 0.4) is 0 Å². The Kier molecular flexibility index (Phi) is 5.78. The number of aromatic nitrogens is 2. The lowest BCUT2D eigenvalue weighted by Gasteiger charge is -2.44. The smallest absolute Gasteiger partial charge is 0.273 e. The molecule has 2 aromatic carbocycles. The molecule has 7 heteroatoms. The summed E-state index contributed by atoms with van der Waals surface area (Å²) in [6.07, 6.45) is 8.15. The van der Waals surface area contributed by atoms with Gasteiger partial charge in [-0.15, -0.1) is 0 Å². The zero-order chi connectivity index (χ0) is 25.6. The van der Waals surface area contributed by atoms with Crippen LogP contribution in [0.4, 0.5) is 0 Å². The van der Waals surface area contributed by atoms with E-state index in [9.17, 15) is 9.59 Å². The Bertz CT molecular complexity index is 1470. The standard InChI is InChI=1S/C30H32N4O3/c1-30(29(36)31-22-11-3-4-12-22)20-33-25-15-6-5-14-24(25)26(32-16-7-8-17-32)27(33)28(35)34(30)19-21-10-9-13-23(18-21)37-2/h5-10,13-18,22H,3-4,11-12,19-20H2,1-2H3,(H,31,36)/t30-/m1/s1. The molecule has 2 aromatic heterocycles. The van der Waals surface area contributed by atoms with Gasteiger partial charge in [-0.25, -0.2) is 0 Å². The number of nitrogens with one attached hydrogen (secondary N) is 1. The minimum absolute atomic E-state index is 0.0957. The maximum absolute atomic E-state index is 14.5. The molecule has 0 unspecified atom stereocenters. The fraction of sp³-hybridized carbons (Fsp3) is 0.333. The SMILES string of the molecule is COc1cccc(CN2C(=O)c3c(-n4cccc4)c4ccccc4n3C[C@]2(C)C(=O)NC2CCCC2)c1. The van der Waals surface area contributed by atoms with Crippen LogP contribution < -0.4 is 10.1 Å². The molecule has 37 heavy (non-hydrogen) atoms. The number of carbonyl (C=O) groups excluding carboxylic acids is 2. The third-order valence-corrected chi connectivity index (χ3v) is 7.97. The Morgan fingerprint density at radius 3 is 2.57 bits per heavy atom. The van der Waals surface area contributed by atoms with Gasteiger partial charge < -0.3 is 24.1 Å². The lowest BCUT2D eigenvalue weighted by Crippen LogP contribution is -2.64. The molecule has 1 aliphatic heterocycles. The average Bonchev–Trinajstić information content (AvgIpc) is 3.68. The Hall–Kier alpha value is -4.00. The summed E-state index contributed by atoms with van der Waals surface area (Å²) >= 11 is 0. The Labute approximate surface area is 216 Å². The first-order valence-electron chi connectivity index (χ1n) is 13.0. The van der Waals surface area contributed by atoms with Crippen LogP contribution in [0.25, 0.3) is 16.6 Å². The van der Waals surface area contributed by atoms with Crippen molar-refractivity contribution in [2.45, 2.75) is 57.3 Å². The van der Waals surface area contributed by atoms with Gasteiger partial charge in [0.2, 0.25) is 5.91 Å². The third-order valence-electron chi connectivity index (χ3n) is 7.97. The topological polar surface area (TPSA) is 68.5 Å². The van der Waals surface area contributed by atoms with Crippen molar-refractivity contribution in [1.82, 2.24) is 19.4 Å². The fourth-order valence-corrected chi connectivity index (χ4v) is 5.96. The summed E-state index contributed by atoms with van der Waals surface area (Å²) in [5.74, 6) is 0.473. The second-order valence-corrected chi connectivity index (χ2v) is 10.4. The van der Waals surface area contributed by atoms with Gasteiger partial charge in [-0.05, 0) is 55.7 Å². The van der Waals surface area contributed by atoms with Crippen LogP contribution in [0.15, 0.2) is 73.1 Å². The van der Waals surface area contributed by atoms with Crippen LogP contribution in [0, 0.1) is 0 Å². The van der Waals surface area contributed by atoms with E-state index >= 15 is 0 Å². The van der Waals surface area contributed by atoms with Crippen LogP contribution in [-0.2, 0) is 17.9 Å². The molecular weight excluding hydrogens is 464 g/mol. The Morgan fingerprint density at radius 1 is 1.05 bits per heavy atom. The molecule has 7 nitrogen and oxygen atoms in total. The van der Waals surface area contributed by atoms with Crippen molar-refractivity contribution < 1.29 is 14.3 Å². The van der Waals surface area contributed by atoms with E-state index in [1.165, 1.54) is 0 Å². The third kappa shape index (κ3) is 3.89. The van der Waals surface area contributed by atoms with Crippen molar-refractivity contribution in [2.24, 2.45) is 0 Å². The van der Waals surface area contributed by atoms with Crippen molar-refractivity contribution >= 4 is 22.7 Å². The highest BCUT2D eigenvalue weighted by Gasteiger charge is 2.49. The maximum atomic E-state index is 14.5. The van der Waals surface area contributed by atoms with Gasteiger partial charge in [0.1, 0.15) is 17.0 Å². The van der Waals surface area contributed by atoms with E-state index in [2.05, 4.69) is 5.32 Å². The van der Waals surface area contributed by atoms with Gasteiger partial charge in [-0.2, -0.15) is 0 Å².